The summed E-state index contributed by atoms with van der Waals surface area (Å²) in [5, 5.41) is 6.69. The number of aromatic nitrogens is 2. The average molecular weight is 246 g/mol. The number of nitrogens with one attached hydrogen (secondary N) is 2. The highest BCUT2D eigenvalue weighted by Gasteiger charge is 2.36. The van der Waals surface area contributed by atoms with Gasteiger partial charge in [-0.3, -0.25) is 0 Å². The first kappa shape index (κ1) is 11.8. The van der Waals surface area contributed by atoms with E-state index < -0.39 is 0 Å². The van der Waals surface area contributed by atoms with Gasteiger partial charge in [0.15, 0.2) is 0 Å². The molecule has 2 atom stereocenters. The van der Waals surface area contributed by atoms with Gasteiger partial charge in [0.25, 0.3) is 0 Å². The van der Waals surface area contributed by atoms with E-state index in [4.69, 9.17) is 0 Å². The number of rotatable bonds is 6. The van der Waals surface area contributed by atoms with Gasteiger partial charge < -0.3 is 10.6 Å². The first-order valence-electron chi connectivity index (χ1n) is 7.13. The highest BCUT2D eigenvalue weighted by molar-refractivity contribution is 5.49. The molecule has 98 valence electrons. The predicted molar refractivity (Wildman–Crippen MR) is 74.0 cm³/mol. The molecule has 2 aliphatic carbocycles. The van der Waals surface area contributed by atoms with Crippen LogP contribution >= 0.6 is 0 Å². The molecular formula is C14H22N4. The first-order chi connectivity index (χ1) is 8.80. The summed E-state index contributed by atoms with van der Waals surface area (Å²) in [6.45, 7) is 2.25. The molecule has 2 aliphatic rings. The summed E-state index contributed by atoms with van der Waals surface area (Å²) in [6.07, 6.45) is 6.40. The van der Waals surface area contributed by atoms with E-state index in [1.807, 2.05) is 13.1 Å². The normalized spacial score (nSPS) is 25.9. The third kappa shape index (κ3) is 2.57. The molecule has 1 heterocycles. The van der Waals surface area contributed by atoms with Crippen LogP contribution in [0.25, 0.3) is 0 Å². The zero-order chi connectivity index (χ0) is 12.5. The Morgan fingerprint density at radius 3 is 2.72 bits per heavy atom. The molecule has 0 bridgehead atoms. The van der Waals surface area contributed by atoms with Gasteiger partial charge in [0.2, 0.25) is 0 Å². The second-order valence-corrected chi connectivity index (χ2v) is 5.56. The maximum Gasteiger partial charge on any atom is 0.136 e. The van der Waals surface area contributed by atoms with Crippen LogP contribution in [0.5, 0.6) is 0 Å². The summed E-state index contributed by atoms with van der Waals surface area (Å²) in [5.74, 6) is 4.40. The summed E-state index contributed by atoms with van der Waals surface area (Å²) >= 11 is 0. The summed E-state index contributed by atoms with van der Waals surface area (Å²) in [5.41, 5.74) is 0. The van der Waals surface area contributed by atoms with Crippen molar-refractivity contribution < 1.29 is 0 Å². The van der Waals surface area contributed by atoms with Crippen LogP contribution in [0.1, 0.15) is 50.8 Å². The van der Waals surface area contributed by atoms with Gasteiger partial charge in [0.05, 0.1) is 0 Å². The zero-order valence-corrected chi connectivity index (χ0v) is 11.2. The molecule has 1 aromatic rings. The molecule has 4 nitrogen and oxygen atoms in total. The number of nitrogens with zero attached hydrogens (tertiary/aromatic N) is 2. The molecule has 4 heteroatoms. The van der Waals surface area contributed by atoms with Gasteiger partial charge in [-0.15, -0.1) is 0 Å². The van der Waals surface area contributed by atoms with Gasteiger partial charge in [-0.1, -0.05) is 13.3 Å². The van der Waals surface area contributed by atoms with Crippen molar-refractivity contribution in [3.05, 3.63) is 11.9 Å². The first-order valence-corrected chi connectivity index (χ1v) is 7.13. The van der Waals surface area contributed by atoms with E-state index in [2.05, 4.69) is 27.5 Å². The second kappa shape index (κ2) is 4.75. The number of hydrogen-bond donors (Lipinski definition) is 2. The smallest absolute Gasteiger partial charge is 0.136 e. The minimum absolute atomic E-state index is 0.601. The maximum atomic E-state index is 4.66. The minimum atomic E-state index is 0.601. The molecule has 18 heavy (non-hydrogen) atoms. The highest BCUT2D eigenvalue weighted by atomic mass is 15.1. The van der Waals surface area contributed by atoms with E-state index in [-0.39, 0.29) is 0 Å². The summed E-state index contributed by atoms with van der Waals surface area (Å²) in [6, 6.07) is 2.66. The van der Waals surface area contributed by atoms with Crippen LogP contribution in [0.15, 0.2) is 6.07 Å². The lowest BCUT2D eigenvalue weighted by Gasteiger charge is -2.09. The summed E-state index contributed by atoms with van der Waals surface area (Å²) < 4.78 is 0. The molecule has 2 unspecified atom stereocenters. The monoisotopic (exact) mass is 246 g/mol. The van der Waals surface area contributed by atoms with E-state index in [0.29, 0.717) is 12.0 Å². The lowest BCUT2D eigenvalue weighted by molar-refractivity contribution is 0.692. The molecule has 2 N–H and O–H groups in total. The predicted octanol–water partition coefficient (Wildman–Crippen LogP) is 3.00. The van der Waals surface area contributed by atoms with Crippen molar-refractivity contribution in [1.82, 2.24) is 9.97 Å². The van der Waals surface area contributed by atoms with Crippen molar-refractivity contribution in [3.8, 4) is 0 Å². The SMILES string of the molecule is CCCC1CC1Nc1cc(NC)nc(C2CC2)n1. The lowest BCUT2D eigenvalue weighted by atomic mass is 10.2. The van der Waals surface area contributed by atoms with Gasteiger partial charge in [0.1, 0.15) is 17.5 Å². The van der Waals surface area contributed by atoms with Crippen molar-refractivity contribution in [2.75, 3.05) is 17.7 Å². The minimum Gasteiger partial charge on any atom is -0.373 e. The molecule has 0 aromatic carbocycles. The van der Waals surface area contributed by atoms with E-state index in [1.165, 1.54) is 32.1 Å². The summed E-state index contributed by atoms with van der Waals surface area (Å²) in [4.78, 5) is 9.19. The molecule has 0 spiro atoms. The largest absolute Gasteiger partial charge is 0.373 e. The Bertz CT molecular complexity index is 428. The highest BCUT2D eigenvalue weighted by Crippen LogP contribution is 2.40. The Hall–Kier alpha value is -1.32. The van der Waals surface area contributed by atoms with Crippen molar-refractivity contribution >= 4 is 11.6 Å². The standard InChI is InChI=1S/C14H22N4/c1-3-4-10-7-11(10)16-13-8-12(15-2)17-14(18-13)9-5-6-9/h8-11H,3-7H2,1-2H3,(H2,15,16,17,18). The van der Waals surface area contributed by atoms with E-state index in [0.717, 1.165) is 23.4 Å². The molecule has 3 rings (SSSR count). The third-order valence-electron chi connectivity index (χ3n) is 3.86. The molecule has 2 saturated carbocycles. The fourth-order valence-corrected chi connectivity index (χ4v) is 2.50. The Morgan fingerprint density at radius 2 is 2.06 bits per heavy atom. The van der Waals surface area contributed by atoms with E-state index >= 15 is 0 Å². The molecule has 1 aromatic heterocycles. The quantitative estimate of drug-likeness (QED) is 0.810. The van der Waals surface area contributed by atoms with Crippen LogP contribution < -0.4 is 10.6 Å². The Kier molecular flexibility index (Phi) is 3.10. The van der Waals surface area contributed by atoms with E-state index in [1.54, 1.807) is 0 Å². The van der Waals surface area contributed by atoms with Crippen molar-refractivity contribution in [2.45, 2.75) is 51.0 Å². The van der Waals surface area contributed by atoms with Crippen molar-refractivity contribution in [1.29, 1.82) is 0 Å². The van der Waals surface area contributed by atoms with Crippen molar-refractivity contribution in [3.63, 3.8) is 0 Å². The topological polar surface area (TPSA) is 49.8 Å². The molecule has 0 aliphatic heterocycles. The van der Waals surface area contributed by atoms with Crippen LogP contribution in [-0.4, -0.2) is 23.1 Å². The van der Waals surface area contributed by atoms with Gasteiger partial charge in [0, 0.05) is 25.1 Å². The van der Waals surface area contributed by atoms with Crippen LogP contribution in [-0.2, 0) is 0 Å². The van der Waals surface area contributed by atoms with Gasteiger partial charge in [-0.05, 0) is 31.6 Å². The van der Waals surface area contributed by atoms with E-state index in [9.17, 15) is 0 Å². The Morgan fingerprint density at radius 1 is 1.28 bits per heavy atom. The second-order valence-electron chi connectivity index (χ2n) is 5.56. The summed E-state index contributed by atoms with van der Waals surface area (Å²) in [7, 11) is 1.92. The maximum absolute atomic E-state index is 4.66. The zero-order valence-electron chi connectivity index (χ0n) is 11.2. The van der Waals surface area contributed by atoms with Crippen LogP contribution in [0.4, 0.5) is 11.6 Å². The van der Waals surface area contributed by atoms with Gasteiger partial charge in [-0.25, -0.2) is 9.97 Å². The lowest BCUT2D eigenvalue weighted by Crippen LogP contribution is -2.09. The fraction of sp³-hybridized carbons (Fsp3) is 0.714. The Labute approximate surface area is 109 Å². The molecule has 0 amide bonds. The molecule has 0 radical (unpaired) electrons. The average Bonchev–Trinajstić information content (AvgIpc) is 3.25. The van der Waals surface area contributed by atoms with Crippen LogP contribution in [0.3, 0.4) is 0 Å². The fourth-order valence-electron chi connectivity index (χ4n) is 2.50. The third-order valence-corrected chi connectivity index (χ3v) is 3.86. The van der Waals surface area contributed by atoms with Crippen LogP contribution in [0, 0.1) is 5.92 Å². The number of anilines is 2. The molecule has 2 fully saturated rings. The Balaban J connectivity index is 1.69. The molecule has 0 saturated heterocycles. The number of hydrogen-bond acceptors (Lipinski definition) is 4. The van der Waals surface area contributed by atoms with Crippen molar-refractivity contribution in [2.24, 2.45) is 5.92 Å². The van der Waals surface area contributed by atoms with Gasteiger partial charge in [-0.2, -0.15) is 0 Å². The van der Waals surface area contributed by atoms with Gasteiger partial charge >= 0.3 is 0 Å². The van der Waals surface area contributed by atoms with Crippen LogP contribution in [0.2, 0.25) is 0 Å². The molecular weight excluding hydrogens is 224 g/mol.